The van der Waals surface area contributed by atoms with Crippen molar-refractivity contribution >= 4 is 17.2 Å². The van der Waals surface area contributed by atoms with Gasteiger partial charge in [-0.25, -0.2) is 0 Å². The molecule has 1 heterocycles. The molecule has 0 radical (unpaired) electrons. The van der Waals surface area contributed by atoms with Gasteiger partial charge in [-0.05, 0) is 42.7 Å². The zero-order valence-electron chi connectivity index (χ0n) is 10.3. The minimum absolute atomic E-state index is 0.106. The van der Waals surface area contributed by atoms with E-state index in [1.54, 1.807) is 0 Å². The summed E-state index contributed by atoms with van der Waals surface area (Å²) < 4.78 is 0. The molecule has 0 fully saturated rings. The van der Waals surface area contributed by atoms with Gasteiger partial charge in [0.1, 0.15) is 0 Å². The first-order valence-corrected chi connectivity index (χ1v) is 7.25. The fraction of sp³-hybridized carbons (Fsp3) is 0.615. The van der Waals surface area contributed by atoms with Crippen LogP contribution in [0, 0.1) is 0 Å². The van der Waals surface area contributed by atoms with Crippen LogP contribution in [0.5, 0.6) is 0 Å². The van der Waals surface area contributed by atoms with Gasteiger partial charge in [-0.2, -0.15) is 0 Å². The van der Waals surface area contributed by atoms with Gasteiger partial charge < -0.3 is 10.6 Å². The van der Waals surface area contributed by atoms with Crippen molar-refractivity contribution in [2.45, 2.75) is 38.6 Å². The van der Waals surface area contributed by atoms with Crippen LogP contribution in [0.4, 0.5) is 0 Å². The molecule has 2 N–H and O–H groups in total. The van der Waals surface area contributed by atoms with Crippen molar-refractivity contribution in [2.75, 3.05) is 13.1 Å². The molecule has 1 aromatic rings. The third kappa shape index (κ3) is 3.30. The first-order chi connectivity index (χ1) is 8.31. The maximum atomic E-state index is 11.5. The molecule has 1 aromatic heterocycles. The summed E-state index contributed by atoms with van der Waals surface area (Å²) in [6.45, 7) is 3.27. The molecule has 1 unspecified atom stereocenters. The quantitative estimate of drug-likeness (QED) is 0.844. The highest BCUT2D eigenvalue weighted by Crippen LogP contribution is 2.32. The van der Waals surface area contributed by atoms with Crippen molar-refractivity contribution in [3.05, 3.63) is 21.9 Å². The van der Waals surface area contributed by atoms with Gasteiger partial charge in [-0.3, -0.25) is 4.79 Å². The van der Waals surface area contributed by atoms with Gasteiger partial charge >= 0.3 is 0 Å². The number of amides is 1. The molecule has 1 aliphatic rings. The maximum absolute atomic E-state index is 11.5. The number of aryl methyl sites for hydroxylation is 1. The van der Waals surface area contributed by atoms with E-state index in [0.29, 0.717) is 12.6 Å². The average molecular weight is 252 g/mol. The van der Waals surface area contributed by atoms with E-state index in [1.165, 1.54) is 23.3 Å². The number of thiophene rings is 1. The lowest BCUT2D eigenvalue weighted by Gasteiger charge is -2.23. The summed E-state index contributed by atoms with van der Waals surface area (Å²) in [5.41, 5.74) is 1.41. The van der Waals surface area contributed by atoms with Gasteiger partial charge in [-0.15, -0.1) is 11.3 Å². The third-order valence-corrected chi connectivity index (χ3v) is 4.13. The minimum Gasteiger partial charge on any atom is -0.355 e. The monoisotopic (exact) mass is 252 g/mol. The Kier molecular flexibility index (Phi) is 4.57. The van der Waals surface area contributed by atoms with Gasteiger partial charge in [-0.1, -0.05) is 6.92 Å². The zero-order valence-corrected chi connectivity index (χ0v) is 11.1. The van der Waals surface area contributed by atoms with Crippen LogP contribution in [-0.2, 0) is 11.2 Å². The van der Waals surface area contributed by atoms with Crippen molar-refractivity contribution < 1.29 is 4.79 Å². The van der Waals surface area contributed by atoms with E-state index in [0.717, 1.165) is 19.4 Å². The van der Waals surface area contributed by atoms with E-state index >= 15 is 0 Å². The number of rotatable bonds is 5. The second kappa shape index (κ2) is 6.17. The summed E-state index contributed by atoms with van der Waals surface area (Å²) in [7, 11) is 0. The lowest BCUT2D eigenvalue weighted by atomic mass is 9.94. The minimum atomic E-state index is 0.106. The highest BCUT2D eigenvalue weighted by molar-refractivity contribution is 7.10. The van der Waals surface area contributed by atoms with Crippen molar-refractivity contribution in [3.63, 3.8) is 0 Å². The van der Waals surface area contributed by atoms with E-state index in [-0.39, 0.29) is 5.91 Å². The number of fused-ring (bicyclic) bond motifs is 1. The van der Waals surface area contributed by atoms with Crippen LogP contribution in [0.1, 0.15) is 42.7 Å². The largest absolute Gasteiger partial charge is 0.355 e. The number of nitrogens with one attached hydrogen (secondary N) is 2. The third-order valence-electron chi connectivity index (χ3n) is 3.13. The van der Waals surface area contributed by atoms with Crippen molar-refractivity contribution in [3.8, 4) is 0 Å². The highest BCUT2D eigenvalue weighted by Gasteiger charge is 2.20. The van der Waals surface area contributed by atoms with E-state index < -0.39 is 0 Å². The van der Waals surface area contributed by atoms with Crippen LogP contribution in [0.15, 0.2) is 11.4 Å². The predicted octanol–water partition coefficient (Wildman–Crippen LogP) is 2.24. The normalized spacial score (nSPS) is 18.8. The van der Waals surface area contributed by atoms with E-state index in [2.05, 4.69) is 29.0 Å². The molecule has 0 bridgehead atoms. The van der Waals surface area contributed by atoms with Crippen LogP contribution in [0.3, 0.4) is 0 Å². The Labute approximate surface area is 107 Å². The Hall–Kier alpha value is -0.870. The van der Waals surface area contributed by atoms with Gasteiger partial charge in [0.05, 0.1) is 6.54 Å². The molecule has 0 aromatic carbocycles. The fourth-order valence-electron chi connectivity index (χ4n) is 2.24. The SMILES string of the molecule is CCCNC(=O)CNC1CCCc2sccc21. The number of hydrogen-bond donors (Lipinski definition) is 2. The van der Waals surface area contributed by atoms with Crippen molar-refractivity contribution in [1.29, 1.82) is 0 Å². The molecule has 2 rings (SSSR count). The van der Waals surface area contributed by atoms with Crippen molar-refractivity contribution in [1.82, 2.24) is 10.6 Å². The van der Waals surface area contributed by atoms with Crippen LogP contribution >= 0.6 is 11.3 Å². The summed E-state index contributed by atoms with van der Waals surface area (Å²) >= 11 is 1.84. The van der Waals surface area contributed by atoms with Gasteiger partial charge in [0.15, 0.2) is 0 Å². The molecule has 0 saturated heterocycles. The average Bonchev–Trinajstić information content (AvgIpc) is 2.82. The van der Waals surface area contributed by atoms with Crippen molar-refractivity contribution in [2.24, 2.45) is 0 Å². The van der Waals surface area contributed by atoms with Gasteiger partial charge in [0.25, 0.3) is 0 Å². The van der Waals surface area contributed by atoms with E-state index in [4.69, 9.17) is 0 Å². The lowest BCUT2D eigenvalue weighted by Crippen LogP contribution is -2.36. The molecule has 0 spiro atoms. The molecular formula is C13H20N2OS. The van der Waals surface area contributed by atoms with Crippen LogP contribution in [-0.4, -0.2) is 19.0 Å². The first kappa shape index (κ1) is 12.6. The fourth-order valence-corrected chi connectivity index (χ4v) is 3.23. The molecule has 1 aliphatic carbocycles. The Bertz CT molecular complexity index is 375. The van der Waals surface area contributed by atoms with Gasteiger partial charge in [0.2, 0.25) is 5.91 Å². The molecule has 3 nitrogen and oxygen atoms in total. The summed E-state index contributed by atoms with van der Waals surface area (Å²) in [4.78, 5) is 13.0. The summed E-state index contributed by atoms with van der Waals surface area (Å²) in [6, 6.07) is 2.57. The number of carbonyl (C=O) groups is 1. The second-order valence-electron chi connectivity index (χ2n) is 4.47. The van der Waals surface area contributed by atoms with E-state index in [1.807, 2.05) is 11.3 Å². The number of carbonyl (C=O) groups excluding carboxylic acids is 1. The Balaban J connectivity index is 1.83. The maximum Gasteiger partial charge on any atom is 0.233 e. The number of hydrogen-bond acceptors (Lipinski definition) is 3. The Morgan fingerprint density at radius 1 is 1.59 bits per heavy atom. The lowest BCUT2D eigenvalue weighted by molar-refractivity contribution is -0.120. The van der Waals surface area contributed by atoms with E-state index in [9.17, 15) is 4.79 Å². The topological polar surface area (TPSA) is 41.1 Å². The standard InChI is InChI=1S/C13H20N2OS/c1-2-7-14-13(16)9-15-11-4-3-5-12-10(11)6-8-17-12/h6,8,11,15H,2-5,7,9H2,1H3,(H,14,16). The zero-order chi connectivity index (χ0) is 12.1. The smallest absolute Gasteiger partial charge is 0.233 e. The Morgan fingerprint density at radius 3 is 3.29 bits per heavy atom. The summed E-state index contributed by atoms with van der Waals surface area (Å²) in [5, 5.41) is 8.41. The molecular weight excluding hydrogens is 232 g/mol. The molecule has 0 aliphatic heterocycles. The van der Waals surface area contributed by atoms with Crippen LogP contribution in [0.2, 0.25) is 0 Å². The first-order valence-electron chi connectivity index (χ1n) is 6.37. The molecule has 4 heteroatoms. The van der Waals surface area contributed by atoms with Crippen LogP contribution in [0.25, 0.3) is 0 Å². The molecule has 1 atom stereocenters. The Morgan fingerprint density at radius 2 is 2.47 bits per heavy atom. The molecule has 0 saturated carbocycles. The highest BCUT2D eigenvalue weighted by atomic mass is 32.1. The second-order valence-corrected chi connectivity index (χ2v) is 5.48. The molecule has 1 amide bonds. The predicted molar refractivity (Wildman–Crippen MR) is 71.3 cm³/mol. The molecule has 94 valence electrons. The van der Waals surface area contributed by atoms with Crippen LogP contribution < -0.4 is 10.6 Å². The molecule has 17 heavy (non-hydrogen) atoms. The summed E-state index contributed by atoms with van der Waals surface area (Å²) in [6.07, 6.45) is 4.56. The van der Waals surface area contributed by atoms with Gasteiger partial charge in [0, 0.05) is 17.5 Å². The summed E-state index contributed by atoms with van der Waals surface area (Å²) in [5.74, 6) is 0.106.